The van der Waals surface area contributed by atoms with Crippen molar-refractivity contribution in [2.24, 2.45) is 0 Å². The van der Waals surface area contributed by atoms with Crippen molar-refractivity contribution in [3.05, 3.63) is 39.4 Å². The molecule has 0 aliphatic heterocycles. The summed E-state index contributed by atoms with van der Waals surface area (Å²) in [6, 6.07) is 2.91. The van der Waals surface area contributed by atoms with Gasteiger partial charge in [0.1, 0.15) is 5.56 Å². The molecule has 20 heavy (non-hydrogen) atoms. The lowest BCUT2D eigenvalue weighted by atomic mass is 10.1. The maximum Gasteiger partial charge on any atom is 0.328 e. The fourth-order valence-electron chi connectivity index (χ4n) is 1.67. The maximum atomic E-state index is 12.0. The Morgan fingerprint density at radius 3 is 2.65 bits per heavy atom. The second-order valence-electron chi connectivity index (χ2n) is 4.05. The standard InChI is InChI=1S/C12H14N2O6/c1-7-4-3-5-9(14(18)19)10(7)11(15)13-8(6-20-2)12(16)17/h3-5,8H,6H2,1-2H3,(H,13,15)(H,16,17). The summed E-state index contributed by atoms with van der Waals surface area (Å²) in [6.45, 7) is 1.30. The number of nitro benzene ring substituents is 1. The number of carboxylic acid groups (broad SMARTS) is 1. The van der Waals surface area contributed by atoms with Crippen molar-refractivity contribution in [1.82, 2.24) is 5.32 Å². The molecule has 0 radical (unpaired) electrons. The molecule has 1 atom stereocenters. The average Bonchev–Trinajstić information content (AvgIpc) is 2.37. The van der Waals surface area contributed by atoms with Crippen LogP contribution in [-0.2, 0) is 9.53 Å². The zero-order valence-corrected chi connectivity index (χ0v) is 11.0. The van der Waals surface area contributed by atoms with Crippen LogP contribution in [0.1, 0.15) is 15.9 Å². The number of carbonyl (C=O) groups is 2. The topological polar surface area (TPSA) is 119 Å². The number of ether oxygens (including phenoxy) is 1. The van der Waals surface area contributed by atoms with Crippen molar-refractivity contribution in [2.45, 2.75) is 13.0 Å². The van der Waals surface area contributed by atoms with Crippen molar-refractivity contribution >= 4 is 17.6 Å². The minimum atomic E-state index is -1.28. The third kappa shape index (κ3) is 3.51. The van der Waals surface area contributed by atoms with Crippen LogP contribution in [0.4, 0.5) is 5.69 Å². The molecule has 108 valence electrons. The number of hydrogen-bond acceptors (Lipinski definition) is 5. The third-order valence-electron chi connectivity index (χ3n) is 2.61. The molecule has 1 rings (SSSR count). The number of rotatable bonds is 6. The molecule has 8 nitrogen and oxygen atoms in total. The van der Waals surface area contributed by atoms with E-state index in [0.717, 1.165) is 0 Å². The van der Waals surface area contributed by atoms with Crippen LogP contribution in [0.3, 0.4) is 0 Å². The van der Waals surface area contributed by atoms with Gasteiger partial charge < -0.3 is 15.2 Å². The molecule has 8 heteroatoms. The van der Waals surface area contributed by atoms with E-state index in [2.05, 4.69) is 10.1 Å². The third-order valence-corrected chi connectivity index (χ3v) is 2.61. The van der Waals surface area contributed by atoms with Gasteiger partial charge >= 0.3 is 5.97 Å². The second-order valence-corrected chi connectivity index (χ2v) is 4.05. The summed E-state index contributed by atoms with van der Waals surface area (Å²) < 4.78 is 4.68. The number of aryl methyl sites for hydroxylation is 1. The van der Waals surface area contributed by atoms with E-state index in [9.17, 15) is 19.7 Å². The zero-order valence-electron chi connectivity index (χ0n) is 11.0. The van der Waals surface area contributed by atoms with E-state index in [4.69, 9.17) is 5.11 Å². The summed E-state index contributed by atoms with van der Waals surface area (Å²) in [5.74, 6) is -2.10. The Bertz CT molecular complexity index is 543. The van der Waals surface area contributed by atoms with E-state index in [1.54, 1.807) is 0 Å². The first-order chi connectivity index (χ1) is 9.38. The molecular weight excluding hydrogens is 268 g/mol. The number of hydrogen-bond donors (Lipinski definition) is 2. The quantitative estimate of drug-likeness (QED) is 0.586. The molecule has 1 amide bonds. The van der Waals surface area contributed by atoms with Gasteiger partial charge in [0.2, 0.25) is 0 Å². The molecule has 0 aliphatic rings. The Morgan fingerprint density at radius 1 is 1.50 bits per heavy atom. The summed E-state index contributed by atoms with van der Waals surface area (Å²) in [6.07, 6.45) is 0. The van der Waals surface area contributed by atoms with Gasteiger partial charge in [-0.3, -0.25) is 14.9 Å². The van der Waals surface area contributed by atoms with Crippen LogP contribution >= 0.6 is 0 Å². The first-order valence-electron chi connectivity index (χ1n) is 5.65. The first-order valence-corrected chi connectivity index (χ1v) is 5.65. The van der Waals surface area contributed by atoms with Crippen molar-refractivity contribution in [1.29, 1.82) is 0 Å². The van der Waals surface area contributed by atoms with Crippen LogP contribution in [0.5, 0.6) is 0 Å². The largest absolute Gasteiger partial charge is 0.480 e. The maximum absolute atomic E-state index is 12.0. The second kappa shape index (κ2) is 6.62. The molecule has 0 saturated carbocycles. The molecule has 0 saturated heterocycles. The Labute approximate surface area is 114 Å². The van der Waals surface area contributed by atoms with Crippen molar-refractivity contribution in [2.75, 3.05) is 13.7 Å². The zero-order chi connectivity index (χ0) is 15.3. The molecule has 0 aliphatic carbocycles. The van der Waals surface area contributed by atoms with Gasteiger partial charge in [-0.05, 0) is 12.5 Å². The minimum Gasteiger partial charge on any atom is -0.480 e. The van der Waals surface area contributed by atoms with Crippen LogP contribution in [-0.4, -0.2) is 41.7 Å². The SMILES string of the molecule is COCC(NC(=O)c1c(C)cccc1[N+](=O)[O-])C(=O)O. The van der Waals surface area contributed by atoms with Crippen molar-refractivity contribution in [3.63, 3.8) is 0 Å². The van der Waals surface area contributed by atoms with E-state index in [1.807, 2.05) is 0 Å². The van der Waals surface area contributed by atoms with Crippen LogP contribution in [0.15, 0.2) is 18.2 Å². The lowest BCUT2D eigenvalue weighted by Crippen LogP contribution is -2.44. The highest BCUT2D eigenvalue weighted by atomic mass is 16.6. The molecule has 2 N–H and O–H groups in total. The van der Waals surface area contributed by atoms with Gasteiger partial charge in [-0.15, -0.1) is 0 Å². The summed E-state index contributed by atoms with van der Waals surface area (Å²) in [4.78, 5) is 33.2. The predicted molar refractivity (Wildman–Crippen MR) is 68.6 cm³/mol. The fraction of sp³-hybridized carbons (Fsp3) is 0.333. The van der Waals surface area contributed by atoms with Crippen LogP contribution in [0, 0.1) is 17.0 Å². The summed E-state index contributed by atoms with van der Waals surface area (Å²) in [7, 11) is 1.29. The molecule has 1 unspecified atom stereocenters. The van der Waals surface area contributed by atoms with E-state index >= 15 is 0 Å². The smallest absolute Gasteiger partial charge is 0.328 e. The van der Waals surface area contributed by atoms with Gasteiger partial charge in [-0.1, -0.05) is 12.1 Å². The number of benzene rings is 1. The normalized spacial score (nSPS) is 11.7. The van der Waals surface area contributed by atoms with Crippen molar-refractivity contribution in [3.8, 4) is 0 Å². The number of nitro groups is 1. The van der Waals surface area contributed by atoms with Crippen LogP contribution in [0.25, 0.3) is 0 Å². The Hall–Kier alpha value is -2.48. The van der Waals surface area contributed by atoms with Gasteiger partial charge in [0.05, 0.1) is 11.5 Å². The highest BCUT2D eigenvalue weighted by Gasteiger charge is 2.26. The Kier molecular flexibility index (Phi) is 5.15. The van der Waals surface area contributed by atoms with Gasteiger partial charge in [-0.25, -0.2) is 4.79 Å². The van der Waals surface area contributed by atoms with E-state index in [1.165, 1.54) is 32.2 Å². The Balaban J connectivity index is 3.09. The minimum absolute atomic E-state index is 0.153. The van der Waals surface area contributed by atoms with Crippen LogP contribution in [0.2, 0.25) is 0 Å². The predicted octanol–water partition coefficient (Wildman–Crippen LogP) is 0.733. The summed E-state index contributed by atoms with van der Waals surface area (Å²) in [5.41, 5.74) is -0.137. The molecule has 0 heterocycles. The van der Waals surface area contributed by atoms with E-state index in [0.29, 0.717) is 5.56 Å². The lowest BCUT2D eigenvalue weighted by Gasteiger charge is -2.14. The molecule has 0 spiro atoms. The fourth-order valence-corrected chi connectivity index (χ4v) is 1.67. The Morgan fingerprint density at radius 2 is 2.15 bits per heavy atom. The number of methoxy groups -OCH3 is 1. The highest BCUT2D eigenvalue weighted by Crippen LogP contribution is 2.21. The van der Waals surface area contributed by atoms with Gasteiger partial charge in [-0.2, -0.15) is 0 Å². The molecule has 0 aromatic heterocycles. The molecule has 1 aromatic carbocycles. The number of nitrogens with one attached hydrogen (secondary N) is 1. The van der Waals surface area contributed by atoms with Crippen molar-refractivity contribution < 1.29 is 24.4 Å². The van der Waals surface area contributed by atoms with Gasteiger partial charge in [0.15, 0.2) is 6.04 Å². The number of nitrogens with zero attached hydrogens (tertiary/aromatic N) is 1. The van der Waals surface area contributed by atoms with E-state index in [-0.39, 0.29) is 17.9 Å². The first kappa shape index (κ1) is 15.6. The number of carbonyl (C=O) groups excluding carboxylic acids is 1. The molecule has 0 bridgehead atoms. The number of carboxylic acids is 1. The highest BCUT2D eigenvalue weighted by molar-refractivity contribution is 6.01. The summed E-state index contributed by atoms with van der Waals surface area (Å²) >= 11 is 0. The number of aliphatic carboxylic acids is 1. The number of amides is 1. The molecular formula is C12H14N2O6. The monoisotopic (exact) mass is 282 g/mol. The van der Waals surface area contributed by atoms with Gasteiger partial charge in [0.25, 0.3) is 11.6 Å². The van der Waals surface area contributed by atoms with Crippen LogP contribution < -0.4 is 5.32 Å². The molecule has 1 aromatic rings. The summed E-state index contributed by atoms with van der Waals surface area (Å²) in [5, 5.41) is 22.0. The average molecular weight is 282 g/mol. The van der Waals surface area contributed by atoms with Gasteiger partial charge in [0, 0.05) is 13.2 Å². The lowest BCUT2D eigenvalue weighted by molar-refractivity contribution is -0.385. The van der Waals surface area contributed by atoms with E-state index < -0.39 is 22.8 Å². The molecule has 0 fully saturated rings.